The lowest BCUT2D eigenvalue weighted by molar-refractivity contribution is 0.861. The molecule has 0 aliphatic heterocycles. The number of hydrogen-bond acceptors (Lipinski definition) is 2. The second-order valence-corrected chi connectivity index (χ2v) is 6.22. The number of nitrogens with zero attached hydrogens (tertiary/aromatic N) is 2. The normalized spacial score (nSPS) is 10.5. The van der Waals surface area contributed by atoms with E-state index in [2.05, 4.69) is 59.1 Å². The Morgan fingerprint density at radius 3 is 2.30 bits per heavy atom. The molecular weight excluding hydrogens is 332 g/mol. The van der Waals surface area contributed by atoms with Gasteiger partial charge in [0.2, 0.25) is 0 Å². The van der Waals surface area contributed by atoms with Crippen LogP contribution in [0, 0.1) is 17.9 Å². The molecule has 0 atom stereocenters. The molecule has 0 amide bonds. The first-order valence-electron chi connectivity index (χ1n) is 9.21. The maximum atomic E-state index is 7.82. The highest BCUT2D eigenvalue weighted by atomic mass is 15.0. The molecule has 1 heterocycles. The fourth-order valence-corrected chi connectivity index (χ4v) is 3.39. The van der Waals surface area contributed by atoms with Crippen LogP contribution in [-0.4, -0.2) is 10.4 Å². The van der Waals surface area contributed by atoms with Gasteiger partial charge in [-0.25, -0.2) is 5.53 Å². The van der Waals surface area contributed by atoms with Crippen molar-refractivity contribution in [2.75, 3.05) is 0 Å². The third kappa shape index (κ3) is 3.38. The van der Waals surface area contributed by atoms with Crippen LogP contribution in [0.15, 0.2) is 71.8 Å². The Hall–Kier alpha value is -3.27. The van der Waals surface area contributed by atoms with Gasteiger partial charge in [-0.3, -0.25) is 5.41 Å². The molecule has 0 fully saturated rings. The van der Waals surface area contributed by atoms with Gasteiger partial charge in [-0.1, -0.05) is 56.3 Å². The molecular formula is C23H24N4. The number of fused-ring (bicyclic) bond motifs is 3. The SMILES string of the molecule is CC.Cc1ccccc1Cn1c2ccccc2c2cc(C(=N)N=N)ccc21. The van der Waals surface area contributed by atoms with Gasteiger partial charge >= 0.3 is 0 Å². The fraction of sp³-hybridized carbons (Fsp3) is 0.174. The smallest absolute Gasteiger partial charge is 0.173 e. The van der Waals surface area contributed by atoms with E-state index in [9.17, 15) is 0 Å². The molecule has 136 valence electrons. The number of hydrogen-bond donors (Lipinski definition) is 2. The molecule has 0 spiro atoms. The van der Waals surface area contributed by atoms with Crippen molar-refractivity contribution < 1.29 is 0 Å². The molecule has 0 unspecified atom stereocenters. The van der Waals surface area contributed by atoms with E-state index in [0.29, 0.717) is 5.56 Å². The number of aromatic nitrogens is 1. The molecule has 4 heteroatoms. The molecule has 4 rings (SSSR count). The number of benzene rings is 3. The Morgan fingerprint density at radius 1 is 0.889 bits per heavy atom. The van der Waals surface area contributed by atoms with Gasteiger partial charge in [0.15, 0.2) is 5.84 Å². The van der Waals surface area contributed by atoms with E-state index in [4.69, 9.17) is 10.9 Å². The second kappa shape index (κ2) is 7.96. The second-order valence-electron chi connectivity index (χ2n) is 6.22. The highest BCUT2D eigenvalue weighted by Crippen LogP contribution is 2.31. The van der Waals surface area contributed by atoms with Gasteiger partial charge in [0, 0.05) is 33.9 Å². The highest BCUT2D eigenvalue weighted by molar-refractivity contribution is 6.11. The molecule has 0 saturated heterocycles. The van der Waals surface area contributed by atoms with Gasteiger partial charge in [-0.05, 0) is 42.3 Å². The minimum atomic E-state index is -0.0161. The predicted molar refractivity (Wildman–Crippen MR) is 113 cm³/mol. The summed E-state index contributed by atoms with van der Waals surface area (Å²) in [5, 5.41) is 13.3. The Morgan fingerprint density at radius 2 is 1.56 bits per heavy atom. The van der Waals surface area contributed by atoms with Crippen LogP contribution >= 0.6 is 0 Å². The van der Waals surface area contributed by atoms with Crippen LogP contribution in [0.1, 0.15) is 30.5 Å². The minimum Gasteiger partial charge on any atom is -0.336 e. The molecule has 0 aliphatic rings. The molecule has 3 aromatic carbocycles. The summed E-state index contributed by atoms with van der Waals surface area (Å²) in [5.41, 5.74) is 12.6. The van der Waals surface area contributed by atoms with Crippen molar-refractivity contribution in [3.63, 3.8) is 0 Å². The van der Waals surface area contributed by atoms with E-state index in [1.54, 1.807) is 0 Å². The molecule has 0 bridgehead atoms. The average Bonchev–Trinajstić information content (AvgIpc) is 3.04. The van der Waals surface area contributed by atoms with Crippen molar-refractivity contribution in [3.8, 4) is 0 Å². The largest absolute Gasteiger partial charge is 0.336 e. The van der Waals surface area contributed by atoms with E-state index >= 15 is 0 Å². The van der Waals surface area contributed by atoms with Crippen molar-refractivity contribution in [3.05, 3.63) is 83.4 Å². The van der Waals surface area contributed by atoms with Crippen LogP contribution in [0.3, 0.4) is 0 Å². The standard InChI is InChI=1S/C21H18N4.C2H6/c1-14-6-2-3-7-16(14)13-25-19-9-5-4-8-17(19)18-12-15(21(22)24-23)10-11-20(18)25;1-2/h2-12,22-23H,13H2,1H3;1-2H3. The molecule has 4 nitrogen and oxygen atoms in total. The van der Waals surface area contributed by atoms with Crippen molar-refractivity contribution in [2.45, 2.75) is 27.3 Å². The Kier molecular flexibility index (Phi) is 5.46. The Bertz CT molecular complexity index is 1120. The maximum Gasteiger partial charge on any atom is 0.173 e. The monoisotopic (exact) mass is 356 g/mol. The molecule has 4 aromatic rings. The molecule has 1 aromatic heterocycles. The number of para-hydroxylation sites is 1. The summed E-state index contributed by atoms with van der Waals surface area (Å²) in [6.07, 6.45) is 0. The average molecular weight is 356 g/mol. The van der Waals surface area contributed by atoms with E-state index < -0.39 is 0 Å². The van der Waals surface area contributed by atoms with E-state index in [1.807, 2.05) is 38.1 Å². The van der Waals surface area contributed by atoms with Crippen LogP contribution < -0.4 is 0 Å². The maximum absolute atomic E-state index is 7.82. The van der Waals surface area contributed by atoms with Gasteiger partial charge in [0.05, 0.1) is 0 Å². The summed E-state index contributed by atoms with van der Waals surface area (Å²) in [5.74, 6) is -0.0161. The molecule has 0 saturated carbocycles. The van der Waals surface area contributed by atoms with Gasteiger partial charge < -0.3 is 4.57 Å². The van der Waals surface area contributed by atoms with Crippen molar-refractivity contribution in [1.82, 2.24) is 4.57 Å². The summed E-state index contributed by atoms with van der Waals surface area (Å²) in [6.45, 7) is 6.94. The highest BCUT2D eigenvalue weighted by Gasteiger charge is 2.13. The Labute approximate surface area is 159 Å². The zero-order chi connectivity index (χ0) is 19.4. The lowest BCUT2D eigenvalue weighted by Gasteiger charge is -2.10. The fourth-order valence-electron chi connectivity index (χ4n) is 3.39. The van der Waals surface area contributed by atoms with E-state index in [1.165, 1.54) is 16.6 Å². The minimum absolute atomic E-state index is 0.0161. The predicted octanol–water partition coefficient (Wildman–Crippen LogP) is 6.53. The molecule has 27 heavy (non-hydrogen) atoms. The van der Waals surface area contributed by atoms with Gasteiger partial charge in [0.25, 0.3) is 0 Å². The number of aryl methyl sites for hydroxylation is 1. The van der Waals surface area contributed by atoms with Crippen molar-refractivity contribution >= 4 is 27.6 Å². The summed E-state index contributed by atoms with van der Waals surface area (Å²) in [7, 11) is 0. The number of amidine groups is 1. The molecule has 0 aliphatic carbocycles. The van der Waals surface area contributed by atoms with Crippen LogP contribution in [-0.2, 0) is 6.54 Å². The van der Waals surface area contributed by atoms with Crippen molar-refractivity contribution in [2.24, 2.45) is 5.11 Å². The molecule has 0 radical (unpaired) electrons. The zero-order valence-electron chi connectivity index (χ0n) is 16.0. The molecule has 2 N–H and O–H groups in total. The van der Waals surface area contributed by atoms with Crippen LogP contribution in [0.2, 0.25) is 0 Å². The van der Waals surface area contributed by atoms with Gasteiger partial charge in [-0.15, -0.1) is 5.11 Å². The third-order valence-electron chi connectivity index (χ3n) is 4.75. The lowest BCUT2D eigenvalue weighted by Crippen LogP contribution is -2.01. The Balaban J connectivity index is 0.00000102. The number of rotatable bonds is 3. The first-order chi connectivity index (χ1) is 13.2. The van der Waals surface area contributed by atoms with Crippen molar-refractivity contribution in [1.29, 1.82) is 10.9 Å². The number of nitrogens with one attached hydrogen (secondary N) is 2. The topological polar surface area (TPSA) is 65.0 Å². The van der Waals surface area contributed by atoms with Gasteiger partial charge in [0.1, 0.15) is 0 Å². The zero-order valence-corrected chi connectivity index (χ0v) is 16.0. The summed E-state index contributed by atoms with van der Waals surface area (Å²) in [6, 6.07) is 22.6. The lowest BCUT2D eigenvalue weighted by atomic mass is 10.1. The quantitative estimate of drug-likeness (QED) is 0.238. The van der Waals surface area contributed by atoms with Gasteiger partial charge in [-0.2, -0.15) is 0 Å². The summed E-state index contributed by atoms with van der Waals surface area (Å²) < 4.78 is 2.32. The van der Waals surface area contributed by atoms with E-state index in [0.717, 1.165) is 22.8 Å². The summed E-state index contributed by atoms with van der Waals surface area (Å²) >= 11 is 0. The first kappa shape index (κ1) is 18.5. The summed E-state index contributed by atoms with van der Waals surface area (Å²) in [4.78, 5) is 0. The van der Waals surface area contributed by atoms with E-state index in [-0.39, 0.29) is 5.84 Å². The third-order valence-corrected chi connectivity index (χ3v) is 4.75. The van der Waals surface area contributed by atoms with Crippen LogP contribution in [0.4, 0.5) is 0 Å². The van der Waals surface area contributed by atoms with Crippen LogP contribution in [0.25, 0.3) is 21.8 Å². The first-order valence-corrected chi connectivity index (χ1v) is 9.21. The van der Waals surface area contributed by atoms with Crippen LogP contribution in [0.5, 0.6) is 0 Å².